The summed E-state index contributed by atoms with van der Waals surface area (Å²) in [6.07, 6.45) is 1.16. The minimum atomic E-state index is 0.463. The van der Waals surface area contributed by atoms with Gasteiger partial charge in [0.1, 0.15) is 0 Å². The Balaban J connectivity index is 2.70. The van der Waals surface area contributed by atoms with Crippen LogP contribution in [0.3, 0.4) is 0 Å². The van der Waals surface area contributed by atoms with Crippen LogP contribution in [0.5, 0.6) is 11.5 Å². The van der Waals surface area contributed by atoms with Gasteiger partial charge in [-0.15, -0.1) is 0 Å². The van der Waals surface area contributed by atoms with Crippen LogP contribution >= 0.6 is 0 Å². The Morgan fingerprint density at radius 1 is 1.22 bits per heavy atom. The molecule has 0 aliphatic carbocycles. The third kappa shape index (κ3) is 4.22. The van der Waals surface area contributed by atoms with Gasteiger partial charge in [0, 0.05) is 12.1 Å². The predicted molar refractivity (Wildman–Crippen MR) is 75.0 cm³/mol. The summed E-state index contributed by atoms with van der Waals surface area (Å²) < 4.78 is 11.2. The fourth-order valence-electron chi connectivity index (χ4n) is 2.14. The zero-order chi connectivity index (χ0) is 13.5. The van der Waals surface area contributed by atoms with E-state index >= 15 is 0 Å². The van der Waals surface area contributed by atoms with Crippen LogP contribution in [-0.2, 0) is 6.54 Å². The van der Waals surface area contributed by atoms with Crippen LogP contribution in [-0.4, -0.2) is 13.7 Å². The zero-order valence-electron chi connectivity index (χ0n) is 11.9. The van der Waals surface area contributed by atoms with Crippen molar-refractivity contribution in [3.63, 3.8) is 0 Å². The van der Waals surface area contributed by atoms with E-state index in [1.807, 2.05) is 18.2 Å². The molecule has 102 valence electrons. The van der Waals surface area contributed by atoms with Gasteiger partial charge in [0.2, 0.25) is 0 Å². The van der Waals surface area contributed by atoms with Crippen molar-refractivity contribution in [1.29, 1.82) is 0 Å². The van der Waals surface area contributed by atoms with Gasteiger partial charge in [0.25, 0.3) is 0 Å². The van der Waals surface area contributed by atoms with Gasteiger partial charge in [0.05, 0.1) is 13.7 Å². The van der Waals surface area contributed by atoms with Crippen molar-refractivity contribution >= 4 is 0 Å². The molecule has 0 aromatic heterocycles. The Kier molecular flexibility index (Phi) is 5.99. The van der Waals surface area contributed by atoms with Gasteiger partial charge in [-0.2, -0.15) is 0 Å². The molecule has 0 heterocycles. The average molecular weight is 251 g/mol. The van der Waals surface area contributed by atoms with E-state index in [2.05, 4.69) is 20.8 Å². The lowest BCUT2D eigenvalue weighted by Crippen LogP contribution is -2.13. The maximum absolute atomic E-state index is 5.91. The van der Waals surface area contributed by atoms with E-state index in [1.165, 1.54) is 0 Å². The van der Waals surface area contributed by atoms with Crippen LogP contribution in [0.15, 0.2) is 18.2 Å². The fraction of sp³-hybridized carbons (Fsp3) is 0.600. The molecular weight excluding hydrogens is 226 g/mol. The Morgan fingerprint density at radius 3 is 2.50 bits per heavy atom. The minimum absolute atomic E-state index is 0.463. The van der Waals surface area contributed by atoms with Gasteiger partial charge in [-0.1, -0.05) is 32.9 Å². The van der Waals surface area contributed by atoms with Crippen molar-refractivity contribution in [3.8, 4) is 11.5 Å². The van der Waals surface area contributed by atoms with Gasteiger partial charge in [-0.05, 0) is 24.3 Å². The summed E-state index contributed by atoms with van der Waals surface area (Å²) in [6.45, 7) is 7.82. The molecule has 0 amide bonds. The van der Waals surface area contributed by atoms with Crippen LogP contribution < -0.4 is 15.2 Å². The van der Waals surface area contributed by atoms with Crippen molar-refractivity contribution in [3.05, 3.63) is 23.8 Å². The van der Waals surface area contributed by atoms with E-state index < -0.39 is 0 Å². The number of benzene rings is 1. The van der Waals surface area contributed by atoms with Crippen molar-refractivity contribution in [2.24, 2.45) is 17.6 Å². The quantitative estimate of drug-likeness (QED) is 0.809. The Bertz CT molecular complexity index is 341. The molecule has 0 fully saturated rings. The largest absolute Gasteiger partial charge is 0.493 e. The van der Waals surface area contributed by atoms with E-state index in [9.17, 15) is 0 Å². The first kappa shape index (κ1) is 14.8. The molecule has 0 aliphatic heterocycles. The number of methoxy groups -OCH3 is 1. The van der Waals surface area contributed by atoms with Crippen molar-refractivity contribution in [1.82, 2.24) is 0 Å². The molecule has 0 radical (unpaired) electrons. The zero-order valence-corrected chi connectivity index (χ0v) is 11.9. The average Bonchev–Trinajstić information content (AvgIpc) is 2.34. The SMILES string of the molecule is COc1cccc(CN)c1OCC(C)CC(C)C. The Labute approximate surface area is 110 Å². The molecule has 18 heavy (non-hydrogen) atoms. The lowest BCUT2D eigenvalue weighted by atomic mass is 10.00. The van der Waals surface area contributed by atoms with Gasteiger partial charge in [-0.3, -0.25) is 0 Å². The summed E-state index contributed by atoms with van der Waals surface area (Å²) >= 11 is 0. The van der Waals surface area contributed by atoms with Crippen LogP contribution in [0, 0.1) is 11.8 Å². The van der Waals surface area contributed by atoms with E-state index in [1.54, 1.807) is 7.11 Å². The molecule has 0 saturated heterocycles. The van der Waals surface area contributed by atoms with Crippen molar-refractivity contribution in [2.75, 3.05) is 13.7 Å². The highest BCUT2D eigenvalue weighted by Crippen LogP contribution is 2.31. The second-order valence-electron chi connectivity index (χ2n) is 5.20. The fourth-order valence-corrected chi connectivity index (χ4v) is 2.14. The number of rotatable bonds is 7. The van der Waals surface area contributed by atoms with E-state index in [0.717, 1.165) is 23.5 Å². The maximum atomic E-state index is 5.91. The highest BCUT2D eigenvalue weighted by atomic mass is 16.5. The second kappa shape index (κ2) is 7.27. The lowest BCUT2D eigenvalue weighted by molar-refractivity contribution is 0.227. The number of ether oxygens (including phenoxy) is 2. The molecular formula is C15H25NO2. The summed E-state index contributed by atoms with van der Waals surface area (Å²) in [5, 5.41) is 0. The molecule has 1 aromatic rings. The van der Waals surface area contributed by atoms with Gasteiger partial charge in [0.15, 0.2) is 11.5 Å². The molecule has 1 rings (SSSR count). The highest BCUT2D eigenvalue weighted by molar-refractivity contribution is 5.46. The lowest BCUT2D eigenvalue weighted by Gasteiger charge is -2.18. The summed E-state index contributed by atoms with van der Waals surface area (Å²) in [6, 6.07) is 5.82. The second-order valence-corrected chi connectivity index (χ2v) is 5.20. The van der Waals surface area contributed by atoms with E-state index in [0.29, 0.717) is 25.0 Å². The minimum Gasteiger partial charge on any atom is -0.493 e. The molecule has 0 saturated carbocycles. The van der Waals surface area contributed by atoms with Gasteiger partial charge < -0.3 is 15.2 Å². The topological polar surface area (TPSA) is 44.5 Å². The Hall–Kier alpha value is -1.22. The summed E-state index contributed by atoms with van der Waals surface area (Å²) in [4.78, 5) is 0. The molecule has 2 N–H and O–H groups in total. The van der Waals surface area contributed by atoms with Crippen molar-refractivity contribution < 1.29 is 9.47 Å². The van der Waals surface area contributed by atoms with Crippen LogP contribution in [0.1, 0.15) is 32.8 Å². The third-order valence-electron chi connectivity index (χ3n) is 2.89. The van der Waals surface area contributed by atoms with Crippen LogP contribution in [0.4, 0.5) is 0 Å². The van der Waals surface area contributed by atoms with E-state index in [-0.39, 0.29) is 0 Å². The monoisotopic (exact) mass is 251 g/mol. The van der Waals surface area contributed by atoms with Crippen LogP contribution in [0.25, 0.3) is 0 Å². The number of para-hydroxylation sites is 1. The summed E-state index contributed by atoms with van der Waals surface area (Å²) in [5.74, 6) is 2.77. The summed E-state index contributed by atoms with van der Waals surface area (Å²) in [5.41, 5.74) is 6.72. The molecule has 3 heteroatoms. The van der Waals surface area contributed by atoms with Crippen LogP contribution in [0.2, 0.25) is 0 Å². The smallest absolute Gasteiger partial charge is 0.165 e. The first-order chi connectivity index (χ1) is 8.58. The van der Waals surface area contributed by atoms with Crippen molar-refractivity contribution in [2.45, 2.75) is 33.7 Å². The molecule has 3 nitrogen and oxygen atoms in total. The molecule has 0 aliphatic rings. The number of nitrogens with two attached hydrogens (primary N) is 1. The first-order valence-electron chi connectivity index (χ1n) is 6.57. The van der Waals surface area contributed by atoms with E-state index in [4.69, 9.17) is 15.2 Å². The molecule has 1 atom stereocenters. The number of hydrogen-bond acceptors (Lipinski definition) is 3. The normalized spacial score (nSPS) is 12.6. The maximum Gasteiger partial charge on any atom is 0.165 e. The molecule has 0 spiro atoms. The Morgan fingerprint density at radius 2 is 1.94 bits per heavy atom. The summed E-state index contributed by atoms with van der Waals surface area (Å²) in [7, 11) is 1.65. The van der Waals surface area contributed by atoms with Gasteiger partial charge >= 0.3 is 0 Å². The van der Waals surface area contributed by atoms with Gasteiger partial charge in [-0.25, -0.2) is 0 Å². The molecule has 1 unspecified atom stereocenters. The molecule has 0 bridgehead atoms. The predicted octanol–water partition coefficient (Wildman–Crippen LogP) is 3.21. The standard InChI is InChI=1S/C15H25NO2/c1-11(2)8-12(3)10-18-15-13(9-16)6-5-7-14(15)17-4/h5-7,11-12H,8-10,16H2,1-4H3. The first-order valence-corrected chi connectivity index (χ1v) is 6.57. The number of hydrogen-bond donors (Lipinski definition) is 1. The highest BCUT2D eigenvalue weighted by Gasteiger charge is 2.12. The third-order valence-corrected chi connectivity index (χ3v) is 2.89. The molecule has 1 aromatic carbocycles.